The molecule has 0 bridgehead atoms. The van der Waals surface area contributed by atoms with Gasteiger partial charge in [0.2, 0.25) is 9.05 Å². The molecule has 0 aliphatic carbocycles. The largest absolute Gasteiger partial charge is 0.299 e. The number of rotatable bonds is 3. The molecule has 0 aromatic heterocycles. The second-order valence-corrected chi connectivity index (χ2v) is 4.92. The molecular weight excluding hydrogens is 200 g/mol. The first-order valence-corrected chi connectivity index (χ1v) is 5.59. The van der Waals surface area contributed by atoms with E-state index in [9.17, 15) is 8.42 Å². The molecule has 0 saturated heterocycles. The first-order chi connectivity index (χ1) is 5.43. The molecule has 0 aliphatic heterocycles. The molecule has 70 valence electrons. The number of nitrogens with zero attached hydrogens (tertiary/aromatic N) is 2. The molecule has 1 atom stereocenters. The molecule has 0 amide bonds. The Kier molecular flexibility index (Phi) is 4.41. The molecule has 1 unspecified atom stereocenters. The smallest absolute Gasteiger partial charge is 0.245 e. The van der Waals surface area contributed by atoms with Gasteiger partial charge in [-0.1, -0.05) is 0 Å². The maximum absolute atomic E-state index is 10.9. The van der Waals surface area contributed by atoms with Crippen molar-refractivity contribution < 1.29 is 8.42 Å². The van der Waals surface area contributed by atoms with Crippen molar-refractivity contribution in [2.45, 2.75) is 12.2 Å². The van der Waals surface area contributed by atoms with Gasteiger partial charge in [-0.25, -0.2) is 8.42 Å². The van der Waals surface area contributed by atoms with E-state index in [1.165, 1.54) is 20.3 Å². The van der Waals surface area contributed by atoms with Crippen LogP contribution in [-0.2, 0) is 9.05 Å². The van der Waals surface area contributed by atoms with E-state index in [1.54, 1.807) is 6.92 Å². The maximum Gasteiger partial charge on any atom is 0.245 e. The lowest BCUT2D eigenvalue weighted by molar-refractivity contribution is 0.610. The lowest BCUT2D eigenvalue weighted by Crippen LogP contribution is -2.26. The van der Waals surface area contributed by atoms with E-state index in [1.807, 2.05) is 0 Å². The average Bonchev–Trinajstić information content (AvgIpc) is 1.96. The van der Waals surface area contributed by atoms with Crippen LogP contribution in [0, 0.1) is 0 Å². The molecule has 0 N–H and O–H groups in total. The Bertz CT molecular complexity index is 295. The van der Waals surface area contributed by atoms with Crippen molar-refractivity contribution in [2.75, 3.05) is 14.1 Å². The fourth-order valence-electron chi connectivity index (χ4n) is 0.647. The van der Waals surface area contributed by atoms with E-state index in [4.69, 9.17) is 10.7 Å². The van der Waals surface area contributed by atoms with Gasteiger partial charge in [0.1, 0.15) is 5.25 Å². The van der Waals surface area contributed by atoms with Crippen LogP contribution in [0.5, 0.6) is 0 Å². The van der Waals surface area contributed by atoms with Crippen molar-refractivity contribution >= 4 is 31.7 Å². The molecule has 0 aliphatic rings. The van der Waals surface area contributed by atoms with Crippen LogP contribution in [0.2, 0.25) is 0 Å². The highest BCUT2D eigenvalue weighted by Gasteiger charge is 2.23. The van der Waals surface area contributed by atoms with E-state index in [0.29, 0.717) is 5.71 Å². The van der Waals surface area contributed by atoms with Crippen LogP contribution in [0.4, 0.5) is 0 Å². The van der Waals surface area contributed by atoms with Gasteiger partial charge in [-0.3, -0.25) is 9.98 Å². The number of halogens is 1. The van der Waals surface area contributed by atoms with Crippen LogP contribution in [-0.4, -0.2) is 39.7 Å². The zero-order valence-electron chi connectivity index (χ0n) is 7.15. The number of hydrogen-bond acceptors (Lipinski definition) is 4. The van der Waals surface area contributed by atoms with Gasteiger partial charge in [0.25, 0.3) is 0 Å². The van der Waals surface area contributed by atoms with E-state index in [2.05, 4.69) is 9.98 Å². The molecule has 0 rings (SSSR count). The third-order valence-corrected chi connectivity index (χ3v) is 3.00. The van der Waals surface area contributed by atoms with Gasteiger partial charge in [-0.15, -0.1) is 0 Å². The fraction of sp³-hybridized carbons (Fsp3) is 0.667. The summed E-state index contributed by atoms with van der Waals surface area (Å²) in [5.41, 5.74) is 0.426. The van der Waals surface area contributed by atoms with Gasteiger partial charge in [0.05, 0.1) is 0 Å². The summed E-state index contributed by atoms with van der Waals surface area (Å²) in [4.78, 5) is 7.34. The molecule has 12 heavy (non-hydrogen) atoms. The van der Waals surface area contributed by atoms with Crippen LogP contribution in [0.3, 0.4) is 0 Å². The monoisotopic (exact) mass is 210 g/mol. The van der Waals surface area contributed by atoms with Gasteiger partial charge in [0, 0.05) is 36.7 Å². The molecule has 4 nitrogen and oxygen atoms in total. The summed E-state index contributed by atoms with van der Waals surface area (Å²) in [6.45, 7) is 1.59. The molecule has 0 aromatic rings. The van der Waals surface area contributed by atoms with Crippen molar-refractivity contribution in [1.82, 2.24) is 0 Å². The quantitative estimate of drug-likeness (QED) is 0.509. The summed E-state index contributed by atoms with van der Waals surface area (Å²) in [5, 5.41) is -0.908. The molecular formula is C6H11ClN2O2S. The maximum atomic E-state index is 10.9. The van der Waals surface area contributed by atoms with Gasteiger partial charge in [-0.05, 0) is 6.92 Å². The minimum Gasteiger partial charge on any atom is -0.299 e. The first kappa shape index (κ1) is 11.6. The summed E-state index contributed by atoms with van der Waals surface area (Å²) >= 11 is 0. The molecule has 0 aromatic carbocycles. The molecule has 6 heteroatoms. The van der Waals surface area contributed by atoms with Crippen molar-refractivity contribution in [3.05, 3.63) is 0 Å². The Balaban J connectivity index is 4.95. The Hall–Kier alpha value is -0.420. The Morgan fingerprint density at radius 3 is 2.25 bits per heavy atom. The van der Waals surface area contributed by atoms with Crippen molar-refractivity contribution in [2.24, 2.45) is 9.98 Å². The summed E-state index contributed by atoms with van der Waals surface area (Å²) in [7, 11) is 4.50. The SMILES string of the molecule is CN=CC(C(C)=NC)S(=O)(=O)Cl. The average molecular weight is 211 g/mol. The third-order valence-electron chi connectivity index (χ3n) is 1.35. The van der Waals surface area contributed by atoms with Crippen molar-refractivity contribution in [3.63, 3.8) is 0 Å². The molecule has 0 heterocycles. The lowest BCUT2D eigenvalue weighted by Gasteiger charge is -2.05. The molecule has 0 fully saturated rings. The fourth-order valence-corrected chi connectivity index (χ4v) is 1.95. The second-order valence-electron chi connectivity index (χ2n) is 2.17. The molecule has 0 saturated carbocycles. The van der Waals surface area contributed by atoms with Crippen LogP contribution in [0.1, 0.15) is 6.92 Å². The van der Waals surface area contributed by atoms with Crippen LogP contribution >= 0.6 is 10.7 Å². The molecule has 0 radical (unpaired) electrons. The topological polar surface area (TPSA) is 58.9 Å². The minimum atomic E-state index is -3.65. The van der Waals surface area contributed by atoms with Gasteiger partial charge in [-0.2, -0.15) is 0 Å². The standard InChI is InChI=1S/C6H11ClN2O2S/c1-5(9-3)6(4-8-2)12(7,10)11/h4,6H,1-3H3. The number of hydrogen-bond donors (Lipinski definition) is 0. The summed E-state index contributed by atoms with van der Waals surface area (Å²) in [5.74, 6) is 0. The number of aliphatic imine (C=N–C) groups is 2. The zero-order valence-corrected chi connectivity index (χ0v) is 8.72. The Morgan fingerprint density at radius 1 is 1.50 bits per heavy atom. The summed E-state index contributed by atoms with van der Waals surface area (Å²) in [6, 6.07) is 0. The van der Waals surface area contributed by atoms with Crippen LogP contribution in [0.15, 0.2) is 9.98 Å². The highest BCUT2D eigenvalue weighted by atomic mass is 35.7. The van der Waals surface area contributed by atoms with Crippen molar-refractivity contribution in [3.8, 4) is 0 Å². The van der Waals surface area contributed by atoms with Crippen LogP contribution in [0.25, 0.3) is 0 Å². The highest BCUT2D eigenvalue weighted by Crippen LogP contribution is 2.07. The molecule has 0 spiro atoms. The zero-order chi connectivity index (χ0) is 9.78. The normalized spacial score (nSPS) is 16.8. The predicted octanol–water partition coefficient (Wildman–Crippen LogP) is 0.715. The van der Waals surface area contributed by atoms with Gasteiger partial charge in [0.15, 0.2) is 0 Å². The summed E-state index contributed by atoms with van der Waals surface area (Å²) in [6.07, 6.45) is 1.25. The van der Waals surface area contributed by atoms with Crippen molar-refractivity contribution in [1.29, 1.82) is 0 Å². The van der Waals surface area contributed by atoms with E-state index < -0.39 is 14.3 Å². The summed E-state index contributed by atoms with van der Waals surface area (Å²) < 4.78 is 21.8. The highest BCUT2D eigenvalue weighted by molar-refractivity contribution is 8.15. The second kappa shape index (κ2) is 4.57. The Labute approximate surface area is 76.8 Å². The van der Waals surface area contributed by atoms with E-state index >= 15 is 0 Å². The Morgan fingerprint density at radius 2 is 2.00 bits per heavy atom. The van der Waals surface area contributed by atoms with E-state index in [0.717, 1.165) is 0 Å². The van der Waals surface area contributed by atoms with Gasteiger partial charge >= 0.3 is 0 Å². The predicted molar refractivity (Wildman–Crippen MR) is 52.0 cm³/mol. The van der Waals surface area contributed by atoms with E-state index in [-0.39, 0.29) is 0 Å². The lowest BCUT2D eigenvalue weighted by atomic mass is 10.3. The third kappa shape index (κ3) is 3.32. The van der Waals surface area contributed by atoms with Crippen LogP contribution < -0.4 is 0 Å². The first-order valence-electron chi connectivity index (χ1n) is 3.22. The van der Waals surface area contributed by atoms with Gasteiger partial charge < -0.3 is 0 Å². The minimum absolute atomic E-state index is 0.426.